The molecule has 0 radical (unpaired) electrons. The van der Waals surface area contributed by atoms with Crippen LogP contribution in [-0.2, 0) is 6.54 Å². The fraction of sp³-hybridized carbons (Fsp3) is 0.231. The average molecular weight is 272 g/mol. The molecule has 0 unspecified atom stereocenters. The Morgan fingerprint density at radius 1 is 1.30 bits per heavy atom. The molecule has 0 atom stereocenters. The predicted octanol–water partition coefficient (Wildman–Crippen LogP) is 0.993. The molecule has 2 rings (SSSR count). The summed E-state index contributed by atoms with van der Waals surface area (Å²) in [6.45, 7) is 3.42. The first-order valence-electron chi connectivity index (χ1n) is 6.19. The summed E-state index contributed by atoms with van der Waals surface area (Å²) in [4.78, 5) is 14.5. The molecule has 104 valence electrons. The number of pyridine rings is 1. The van der Waals surface area contributed by atoms with Gasteiger partial charge in [0.15, 0.2) is 5.84 Å². The van der Waals surface area contributed by atoms with Gasteiger partial charge in [-0.05, 0) is 30.7 Å². The van der Waals surface area contributed by atoms with Crippen LogP contribution in [0.25, 0.3) is 0 Å². The van der Waals surface area contributed by atoms with Gasteiger partial charge < -0.3 is 15.8 Å². The van der Waals surface area contributed by atoms with E-state index in [1.54, 1.807) is 24.7 Å². The molecule has 2 aromatic rings. The van der Waals surface area contributed by atoms with Gasteiger partial charge in [-0.15, -0.1) is 0 Å². The van der Waals surface area contributed by atoms with Crippen LogP contribution < -0.4 is 10.6 Å². The van der Waals surface area contributed by atoms with Crippen LogP contribution in [0.1, 0.15) is 18.2 Å². The van der Waals surface area contributed by atoms with Crippen molar-refractivity contribution in [1.29, 1.82) is 0 Å². The molecular formula is C13H16N6O. The van der Waals surface area contributed by atoms with Crippen LogP contribution >= 0.6 is 0 Å². The van der Waals surface area contributed by atoms with E-state index in [1.807, 2.05) is 24.0 Å². The van der Waals surface area contributed by atoms with Crippen LogP contribution in [0, 0.1) is 0 Å². The molecule has 20 heavy (non-hydrogen) atoms. The van der Waals surface area contributed by atoms with Gasteiger partial charge in [-0.25, -0.2) is 9.97 Å². The summed E-state index contributed by atoms with van der Waals surface area (Å²) in [7, 11) is 0. The van der Waals surface area contributed by atoms with Crippen molar-refractivity contribution in [3.8, 4) is 0 Å². The van der Waals surface area contributed by atoms with E-state index in [9.17, 15) is 0 Å². The van der Waals surface area contributed by atoms with Crippen LogP contribution in [0.4, 0.5) is 5.95 Å². The largest absolute Gasteiger partial charge is 0.409 e. The Morgan fingerprint density at radius 3 is 2.70 bits per heavy atom. The lowest BCUT2D eigenvalue weighted by Gasteiger charge is -2.20. The Kier molecular flexibility index (Phi) is 4.43. The normalized spacial score (nSPS) is 11.3. The van der Waals surface area contributed by atoms with Crippen LogP contribution in [0.2, 0.25) is 0 Å². The van der Waals surface area contributed by atoms with E-state index in [0.717, 1.165) is 12.1 Å². The quantitative estimate of drug-likeness (QED) is 0.364. The van der Waals surface area contributed by atoms with Crippen molar-refractivity contribution in [3.63, 3.8) is 0 Å². The molecule has 0 aliphatic rings. The van der Waals surface area contributed by atoms with Crippen LogP contribution in [0.15, 0.2) is 41.9 Å². The fourth-order valence-corrected chi connectivity index (χ4v) is 1.73. The molecule has 0 fully saturated rings. The van der Waals surface area contributed by atoms with E-state index in [-0.39, 0.29) is 5.84 Å². The van der Waals surface area contributed by atoms with E-state index >= 15 is 0 Å². The smallest absolute Gasteiger partial charge is 0.226 e. The Morgan fingerprint density at radius 2 is 2.05 bits per heavy atom. The maximum Gasteiger partial charge on any atom is 0.226 e. The van der Waals surface area contributed by atoms with Crippen LogP contribution in [0.3, 0.4) is 0 Å². The van der Waals surface area contributed by atoms with Crippen molar-refractivity contribution in [2.24, 2.45) is 10.9 Å². The maximum absolute atomic E-state index is 8.69. The summed E-state index contributed by atoms with van der Waals surface area (Å²) in [5.74, 6) is 0.502. The second kappa shape index (κ2) is 6.46. The minimum atomic E-state index is -0.0337. The molecule has 2 heterocycles. The minimum absolute atomic E-state index is 0.0337. The summed E-state index contributed by atoms with van der Waals surface area (Å²) < 4.78 is 0. The summed E-state index contributed by atoms with van der Waals surface area (Å²) in [6, 6.07) is 5.48. The lowest BCUT2D eigenvalue weighted by atomic mass is 10.2. The molecule has 0 bridgehead atoms. The van der Waals surface area contributed by atoms with Crippen LogP contribution in [-0.4, -0.2) is 32.5 Å². The zero-order chi connectivity index (χ0) is 14.4. The number of rotatable bonds is 5. The molecule has 3 N–H and O–H groups in total. The number of nitrogens with two attached hydrogens (primary N) is 1. The summed E-state index contributed by atoms with van der Waals surface area (Å²) in [5.41, 5.74) is 7.05. The molecule has 7 nitrogen and oxygen atoms in total. The Labute approximate surface area is 116 Å². The number of nitrogens with zero attached hydrogens (tertiary/aromatic N) is 5. The van der Waals surface area contributed by atoms with Gasteiger partial charge in [0.05, 0.1) is 0 Å². The lowest BCUT2D eigenvalue weighted by Crippen LogP contribution is -2.25. The third kappa shape index (κ3) is 3.19. The van der Waals surface area contributed by atoms with E-state index in [1.165, 1.54) is 0 Å². The van der Waals surface area contributed by atoms with Crippen molar-refractivity contribution in [1.82, 2.24) is 15.0 Å². The van der Waals surface area contributed by atoms with Gasteiger partial charge in [0.1, 0.15) is 5.69 Å². The average Bonchev–Trinajstić information content (AvgIpc) is 2.53. The third-order valence-electron chi connectivity index (χ3n) is 2.80. The van der Waals surface area contributed by atoms with Gasteiger partial charge >= 0.3 is 0 Å². The van der Waals surface area contributed by atoms with Gasteiger partial charge in [0, 0.05) is 31.7 Å². The number of hydrogen-bond acceptors (Lipinski definition) is 6. The van der Waals surface area contributed by atoms with E-state index in [2.05, 4.69) is 20.1 Å². The third-order valence-corrected chi connectivity index (χ3v) is 2.80. The summed E-state index contributed by atoms with van der Waals surface area (Å²) >= 11 is 0. The van der Waals surface area contributed by atoms with Gasteiger partial charge in [-0.2, -0.15) is 0 Å². The Bertz CT molecular complexity index is 586. The minimum Gasteiger partial charge on any atom is -0.409 e. The first-order chi connectivity index (χ1) is 9.74. The van der Waals surface area contributed by atoms with Gasteiger partial charge in [0.25, 0.3) is 0 Å². The van der Waals surface area contributed by atoms with E-state index in [4.69, 9.17) is 10.9 Å². The number of oxime groups is 1. The fourth-order valence-electron chi connectivity index (χ4n) is 1.73. The number of amidine groups is 1. The highest BCUT2D eigenvalue weighted by atomic mass is 16.4. The Hall–Kier alpha value is -2.70. The highest BCUT2D eigenvalue weighted by Crippen LogP contribution is 2.11. The second-order valence-corrected chi connectivity index (χ2v) is 4.10. The monoisotopic (exact) mass is 272 g/mol. The van der Waals surface area contributed by atoms with Crippen molar-refractivity contribution in [2.45, 2.75) is 13.5 Å². The molecule has 0 amide bonds. The van der Waals surface area contributed by atoms with Gasteiger partial charge in [0.2, 0.25) is 5.95 Å². The van der Waals surface area contributed by atoms with E-state index < -0.39 is 0 Å². The molecule has 0 aliphatic heterocycles. The zero-order valence-electron chi connectivity index (χ0n) is 11.1. The van der Waals surface area contributed by atoms with Gasteiger partial charge in [-0.1, -0.05) is 5.16 Å². The number of aromatic nitrogens is 3. The van der Waals surface area contributed by atoms with Crippen molar-refractivity contribution >= 4 is 11.8 Å². The molecule has 0 aromatic carbocycles. The van der Waals surface area contributed by atoms with Crippen molar-refractivity contribution in [2.75, 3.05) is 11.4 Å². The highest BCUT2D eigenvalue weighted by Gasteiger charge is 2.10. The molecule has 0 saturated heterocycles. The molecule has 7 heteroatoms. The first kappa shape index (κ1) is 13.7. The molecular weight excluding hydrogens is 256 g/mol. The predicted molar refractivity (Wildman–Crippen MR) is 75.5 cm³/mol. The van der Waals surface area contributed by atoms with Crippen molar-refractivity contribution in [3.05, 3.63) is 48.0 Å². The van der Waals surface area contributed by atoms with E-state index in [0.29, 0.717) is 18.2 Å². The van der Waals surface area contributed by atoms with Crippen LogP contribution in [0.5, 0.6) is 0 Å². The summed E-state index contributed by atoms with van der Waals surface area (Å²) in [5, 5.41) is 11.6. The zero-order valence-corrected chi connectivity index (χ0v) is 11.1. The summed E-state index contributed by atoms with van der Waals surface area (Å²) in [6.07, 6.45) is 5.08. The maximum atomic E-state index is 8.69. The molecule has 2 aromatic heterocycles. The molecule has 0 spiro atoms. The van der Waals surface area contributed by atoms with Crippen molar-refractivity contribution < 1.29 is 5.21 Å². The first-order valence-corrected chi connectivity index (χ1v) is 6.19. The second-order valence-electron chi connectivity index (χ2n) is 4.10. The topological polar surface area (TPSA) is 101 Å². The standard InChI is InChI=1S/C13H16N6O/c1-2-19(9-10-3-6-15-7-4-10)13-16-8-5-11(17-13)12(14)18-20/h3-8,20H,2,9H2,1H3,(H2,14,18). The molecule has 0 saturated carbocycles. The lowest BCUT2D eigenvalue weighted by molar-refractivity contribution is 0.318. The number of anilines is 1. The Balaban J connectivity index is 2.23. The SMILES string of the molecule is CCN(Cc1ccncc1)c1nccc(/C(N)=N/O)n1. The number of hydrogen-bond donors (Lipinski definition) is 2. The van der Waals surface area contributed by atoms with Gasteiger partial charge in [-0.3, -0.25) is 4.98 Å². The molecule has 0 aliphatic carbocycles. The highest BCUT2D eigenvalue weighted by molar-refractivity contribution is 5.95.